The van der Waals surface area contributed by atoms with Crippen molar-refractivity contribution >= 4 is 17.2 Å². The first-order valence-corrected chi connectivity index (χ1v) is 12.3. The van der Waals surface area contributed by atoms with E-state index in [1.807, 2.05) is 6.07 Å². The number of unbranched alkanes of at least 4 members (excludes halogenated alkanes) is 1. The smallest absolute Gasteiger partial charge is 0.253 e. The maximum Gasteiger partial charge on any atom is 0.253 e. The quantitative estimate of drug-likeness (QED) is 0.473. The third-order valence-corrected chi connectivity index (χ3v) is 7.01. The van der Waals surface area contributed by atoms with E-state index in [9.17, 15) is 4.79 Å². The van der Waals surface area contributed by atoms with Gasteiger partial charge in [0.1, 0.15) is 10.7 Å². The SMILES string of the molecule is CCCCNC(=O)c1cc(-c2csc(-c3cnccn3)n2)n(CC2CCCCC2)c1C. The van der Waals surface area contributed by atoms with Gasteiger partial charge in [-0.2, -0.15) is 0 Å². The van der Waals surface area contributed by atoms with Gasteiger partial charge in [-0.1, -0.05) is 32.6 Å². The molecule has 164 valence electrons. The summed E-state index contributed by atoms with van der Waals surface area (Å²) in [7, 11) is 0. The van der Waals surface area contributed by atoms with E-state index in [-0.39, 0.29) is 5.91 Å². The Bertz CT molecular complexity index is 1000. The second-order valence-electron chi connectivity index (χ2n) is 8.38. The number of thiazole rings is 1. The highest BCUT2D eigenvalue weighted by Gasteiger charge is 2.23. The normalized spacial score (nSPS) is 14.6. The molecule has 7 heteroatoms. The third kappa shape index (κ3) is 5.03. The second-order valence-corrected chi connectivity index (χ2v) is 9.24. The fraction of sp³-hybridized carbons (Fsp3) is 0.500. The minimum atomic E-state index is 0.0129. The zero-order valence-electron chi connectivity index (χ0n) is 18.4. The molecule has 1 fully saturated rings. The maximum atomic E-state index is 12.9. The van der Waals surface area contributed by atoms with Gasteiger partial charge in [0.2, 0.25) is 0 Å². The van der Waals surface area contributed by atoms with Gasteiger partial charge >= 0.3 is 0 Å². The molecule has 31 heavy (non-hydrogen) atoms. The van der Waals surface area contributed by atoms with Crippen LogP contribution in [0.2, 0.25) is 0 Å². The van der Waals surface area contributed by atoms with Gasteiger partial charge in [-0.3, -0.25) is 14.8 Å². The lowest BCUT2D eigenvalue weighted by Gasteiger charge is -2.24. The number of aromatic nitrogens is 4. The molecule has 0 aromatic carbocycles. The Morgan fingerprint density at radius 1 is 1.23 bits per heavy atom. The van der Waals surface area contributed by atoms with E-state index < -0.39 is 0 Å². The fourth-order valence-electron chi connectivity index (χ4n) is 4.34. The molecule has 1 aliphatic rings. The topological polar surface area (TPSA) is 72.7 Å². The summed E-state index contributed by atoms with van der Waals surface area (Å²) in [6.07, 6.45) is 13.6. The summed E-state index contributed by atoms with van der Waals surface area (Å²) in [4.78, 5) is 26.3. The molecular weight excluding hydrogens is 406 g/mol. The van der Waals surface area contributed by atoms with Gasteiger partial charge < -0.3 is 9.88 Å². The molecule has 0 aliphatic heterocycles. The van der Waals surface area contributed by atoms with Gasteiger partial charge in [0.15, 0.2) is 0 Å². The monoisotopic (exact) mass is 437 g/mol. The number of rotatable bonds is 8. The molecular formula is C24H31N5OS. The van der Waals surface area contributed by atoms with Gasteiger partial charge in [0.05, 0.1) is 23.1 Å². The first kappa shape index (κ1) is 21.7. The molecule has 1 amide bonds. The average Bonchev–Trinajstić information content (AvgIpc) is 3.41. The van der Waals surface area contributed by atoms with Crippen LogP contribution in [0.1, 0.15) is 67.9 Å². The number of hydrogen-bond acceptors (Lipinski definition) is 5. The molecule has 1 N–H and O–H groups in total. The number of amides is 1. The predicted molar refractivity (Wildman–Crippen MR) is 125 cm³/mol. The standard InChI is InChI=1S/C24H31N5OS/c1-3-4-10-27-23(30)19-13-22(29(17(19)2)15-18-8-6-5-7-9-18)21-16-31-24(28-21)20-14-25-11-12-26-20/h11-14,16,18H,3-10,15H2,1-2H3,(H,27,30). The minimum Gasteiger partial charge on any atom is -0.352 e. The van der Waals surface area contributed by atoms with Gasteiger partial charge in [-0.15, -0.1) is 11.3 Å². The Morgan fingerprint density at radius 3 is 2.81 bits per heavy atom. The van der Waals surface area contributed by atoms with Crippen LogP contribution < -0.4 is 5.32 Å². The molecule has 1 aliphatic carbocycles. The Kier molecular flexibility index (Phi) is 7.12. The van der Waals surface area contributed by atoms with Crippen LogP contribution in [-0.2, 0) is 6.54 Å². The number of nitrogens with zero attached hydrogens (tertiary/aromatic N) is 4. The molecule has 1 saturated carbocycles. The van der Waals surface area contributed by atoms with Gasteiger partial charge in [0, 0.05) is 36.6 Å². The van der Waals surface area contributed by atoms with Crippen LogP contribution in [0, 0.1) is 12.8 Å². The van der Waals surface area contributed by atoms with Crippen molar-refractivity contribution in [3.8, 4) is 22.1 Å². The molecule has 4 rings (SSSR count). The summed E-state index contributed by atoms with van der Waals surface area (Å²) in [5.41, 5.74) is 4.49. The van der Waals surface area contributed by atoms with E-state index >= 15 is 0 Å². The third-order valence-electron chi connectivity index (χ3n) is 6.14. The van der Waals surface area contributed by atoms with Gasteiger partial charge in [-0.25, -0.2) is 4.98 Å². The lowest BCUT2D eigenvalue weighted by atomic mass is 9.89. The summed E-state index contributed by atoms with van der Waals surface area (Å²) in [5, 5.41) is 5.99. The van der Waals surface area contributed by atoms with Crippen molar-refractivity contribution in [3.05, 3.63) is 41.3 Å². The van der Waals surface area contributed by atoms with E-state index in [1.165, 1.54) is 32.1 Å². The number of carbonyl (C=O) groups is 1. The van der Waals surface area contributed by atoms with Gasteiger partial charge in [0.25, 0.3) is 5.91 Å². The van der Waals surface area contributed by atoms with E-state index in [2.05, 4.69) is 39.1 Å². The molecule has 0 unspecified atom stereocenters. The van der Waals surface area contributed by atoms with Crippen molar-refractivity contribution in [3.63, 3.8) is 0 Å². The zero-order chi connectivity index (χ0) is 21.6. The number of carbonyl (C=O) groups excluding carboxylic acids is 1. The second kappa shape index (κ2) is 10.2. The van der Waals surface area contributed by atoms with Gasteiger partial charge in [-0.05, 0) is 38.2 Å². The molecule has 0 spiro atoms. The van der Waals surface area contributed by atoms with Crippen molar-refractivity contribution in [1.82, 2.24) is 24.8 Å². The number of nitrogens with one attached hydrogen (secondary N) is 1. The van der Waals surface area contributed by atoms with Crippen molar-refractivity contribution < 1.29 is 4.79 Å². The highest BCUT2D eigenvalue weighted by Crippen LogP contribution is 2.33. The fourth-order valence-corrected chi connectivity index (χ4v) is 5.12. The maximum absolute atomic E-state index is 12.9. The Hall–Kier alpha value is -2.54. The summed E-state index contributed by atoms with van der Waals surface area (Å²) >= 11 is 1.57. The van der Waals surface area contributed by atoms with Crippen molar-refractivity contribution in [2.75, 3.05) is 6.54 Å². The molecule has 0 atom stereocenters. The Morgan fingerprint density at radius 2 is 2.06 bits per heavy atom. The highest BCUT2D eigenvalue weighted by molar-refractivity contribution is 7.13. The highest BCUT2D eigenvalue weighted by atomic mass is 32.1. The van der Waals surface area contributed by atoms with Crippen LogP contribution in [0.15, 0.2) is 30.0 Å². The minimum absolute atomic E-state index is 0.0129. The summed E-state index contributed by atoms with van der Waals surface area (Å²) < 4.78 is 2.32. The molecule has 3 heterocycles. The summed E-state index contributed by atoms with van der Waals surface area (Å²) in [6.45, 7) is 5.86. The van der Waals surface area contributed by atoms with Crippen LogP contribution in [0.3, 0.4) is 0 Å². The molecule has 0 saturated heterocycles. The van der Waals surface area contributed by atoms with Crippen LogP contribution >= 0.6 is 11.3 Å². The van der Waals surface area contributed by atoms with E-state index in [4.69, 9.17) is 4.98 Å². The number of hydrogen-bond donors (Lipinski definition) is 1. The van der Waals surface area contributed by atoms with E-state index in [0.29, 0.717) is 12.5 Å². The van der Waals surface area contributed by atoms with Crippen LogP contribution in [-0.4, -0.2) is 32.0 Å². The first-order chi connectivity index (χ1) is 15.2. The Labute approximate surface area is 188 Å². The molecule has 3 aromatic heterocycles. The molecule has 0 radical (unpaired) electrons. The molecule has 3 aromatic rings. The lowest BCUT2D eigenvalue weighted by molar-refractivity contribution is 0.0952. The summed E-state index contributed by atoms with van der Waals surface area (Å²) in [5.74, 6) is 0.673. The molecule has 0 bridgehead atoms. The van der Waals surface area contributed by atoms with Crippen LogP contribution in [0.5, 0.6) is 0 Å². The Balaban J connectivity index is 1.67. The van der Waals surface area contributed by atoms with E-state index in [0.717, 1.165) is 52.7 Å². The lowest BCUT2D eigenvalue weighted by Crippen LogP contribution is -2.25. The first-order valence-electron chi connectivity index (χ1n) is 11.4. The van der Waals surface area contributed by atoms with Crippen LogP contribution in [0.25, 0.3) is 22.1 Å². The van der Waals surface area contributed by atoms with Crippen molar-refractivity contribution in [2.24, 2.45) is 5.92 Å². The molecule has 6 nitrogen and oxygen atoms in total. The van der Waals surface area contributed by atoms with Crippen LogP contribution in [0.4, 0.5) is 0 Å². The summed E-state index contributed by atoms with van der Waals surface area (Å²) in [6, 6.07) is 2.02. The zero-order valence-corrected chi connectivity index (χ0v) is 19.2. The van der Waals surface area contributed by atoms with Crippen molar-refractivity contribution in [1.29, 1.82) is 0 Å². The largest absolute Gasteiger partial charge is 0.352 e. The van der Waals surface area contributed by atoms with E-state index in [1.54, 1.807) is 29.9 Å². The predicted octanol–water partition coefficient (Wildman–Crippen LogP) is 5.49. The average molecular weight is 438 g/mol. The van der Waals surface area contributed by atoms with Crippen molar-refractivity contribution in [2.45, 2.75) is 65.3 Å².